The van der Waals surface area contributed by atoms with E-state index in [2.05, 4.69) is 20.3 Å². The van der Waals surface area contributed by atoms with Crippen LogP contribution < -0.4 is 17.2 Å². The van der Waals surface area contributed by atoms with Crippen LogP contribution in [0.5, 0.6) is 0 Å². The van der Waals surface area contributed by atoms with Gasteiger partial charge in [0, 0.05) is 11.1 Å². The van der Waals surface area contributed by atoms with Gasteiger partial charge in [0.25, 0.3) is 5.62 Å². The molecule has 5 rings (SSSR count). The van der Waals surface area contributed by atoms with Gasteiger partial charge >= 0.3 is 0 Å². The average Bonchev–Trinajstić information content (AvgIpc) is 2.84. The number of anilines is 1. The first kappa shape index (κ1) is 18.5. The number of nitrogens with two attached hydrogens (primary N) is 2. The molecule has 0 radical (unpaired) electrons. The van der Waals surface area contributed by atoms with Crippen LogP contribution in [0, 0.1) is 0 Å². The van der Waals surface area contributed by atoms with Gasteiger partial charge in [0.15, 0.2) is 5.65 Å². The molecule has 150 valence electrons. The molecule has 0 aliphatic carbocycles. The summed E-state index contributed by atoms with van der Waals surface area (Å²) in [7, 11) is 0. The van der Waals surface area contributed by atoms with Crippen molar-refractivity contribution in [3.8, 4) is 28.1 Å². The summed E-state index contributed by atoms with van der Waals surface area (Å²) in [6, 6.07) is 29.5. The second-order valence-corrected chi connectivity index (χ2v) is 6.95. The average molecular weight is 405 g/mol. The smallest absolute Gasteiger partial charge is 0.254 e. The summed E-state index contributed by atoms with van der Waals surface area (Å²) in [4.78, 5) is 4.57. The largest absolute Gasteiger partial charge is 0.384 e. The van der Waals surface area contributed by atoms with Gasteiger partial charge in [-0.3, -0.25) is 4.57 Å². The van der Waals surface area contributed by atoms with Crippen LogP contribution in [0.4, 0.5) is 5.82 Å². The highest BCUT2D eigenvalue weighted by Crippen LogP contribution is 2.37. The number of rotatable bonds is 3. The molecule has 7 nitrogen and oxygen atoms in total. The third kappa shape index (κ3) is 3.18. The van der Waals surface area contributed by atoms with Crippen LogP contribution in [0.15, 0.2) is 96.1 Å². The van der Waals surface area contributed by atoms with E-state index in [1.165, 1.54) is 0 Å². The normalized spacial score (nSPS) is 11.7. The fourth-order valence-electron chi connectivity index (χ4n) is 3.71. The number of nitrogens with zero attached hydrogens (tertiary/aromatic N) is 5. The van der Waals surface area contributed by atoms with Crippen molar-refractivity contribution in [1.29, 1.82) is 0 Å². The van der Waals surface area contributed by atoms with Gasteiger partial charge in [0.2, 0.25) is 0 Å². The third-order valence-electron chi connectivity index (χ3n) is 5.10. The lowest BCUT2D eigenvalue weighted by Gasteiger charge is -2.17. The maximum absolute atomic E-state index is 6.75. The molecular weight excluding hydrogens is 386 g/mol. The van der Waals surface area contributed by atoms with Gasteiger partial charge in [-0.25, -0.2) is 0 Å². The van der Waals surface area contributed by atoms with Crippen LogP contribution >= 0.6 is 0 Å². The van der Waals surface area contributed by atoms with Crippen molar-refractivity contribution < 1.29 is 0 Å². The maximum Gasteiger partial charge on any atom is 0.254 e. The lowest BCUT2D eigenvalue weighted by Crippen LogP contribution is -2.28. The number of benzene rings is 3. The Hall–Kier alpha value is -4.52. The zero-order valence-electron chi connectivity index (χ0n) is 16.6. The second-order valence-electron chi connectivity index (χ2n) is 6.95. The van der Waals surface area contributed by atoms with Crippen molar-refractivity contribution in [2.24, 2.45) is 10.9 Å². The molecule has 3 aromatic carbocycles. The van der Waals surface area contributed by atoms with Crippen LogP contribution in [0.25, 0.3) is 39.1 Å². The maximum atomic E-state index is 6.75. The van der Waals surface area contributed by atoms with Crippen molar-refractivity contribution in [3.63, 3.8) is 0 Å². The predicted octanol–water partition coefficient (Wildman–Crippen LogP) is 3.51. The minimum absolute atomic E-state index is 0.247. The molecule has 0 spiro atoms. The first-order valence-electron chi connectivity index (χ1n) is 9.77. The molecule has 0 amide bonds. The van der Waals surface area contributed by atoms with E-state index in [-0.39, 0.29) is 5.62 Å². The lowest BCUT2D eigenvalue weighted by molar-refractivity contribution is 0.859. The molecule has 0 saturated heterocycles. The molecule has 2 aromatic heterocycles. The van der Waals surface area contributed by atoms with Gasteiger partial charge in [0.05, 0.1) is 11.1 Å². The molecule has 0 aliphatic rings. The predicted molar refractivity (Wildman–Crippen MR) is 122 cm³/mol. The molecule has 0 aliphatic heterocycles. The van der Waals surface area contributed by atoms with Crippen molar-refractivity contribution in [2.75, 3.05) is 5.73 Å². The van der Waals surface area contributed by atoms with Gasteiger partial charge in [0.1, 0.15) is 11.5 Å². The first-order chi connectivity index (χ1) is 15.3. The Balaban J connectivity index is 1.96. The van der Waals surface area contributed by atoms with E-state index in [1.807, 2.05) is 91.0 Å². The summed E-state index contributed by atoms with van der Waals surface area (Å²) in [5.74, 6) is 6.09. The molecule has 0 fully saturated rings. The van der Waals surface area contributed by atoms with Crippen molar-refractivity contribution in [3.05, 3.63) is 96.6 Å². The third-order valence-corrected chi connectivity index (χ3v) is 5.10. The molecule has 2 heterocycles. The van der Waals surface area contributed by atoms with Crippen molar-refractivity contribution in [1.82, 2.24) is 19.7 Å². The Morgan fingerprint density at radius 3 is 1.90 bits per heavy atom. The minimum Gasteiger partial charge on any atom is -0.384 e. The monoisotopic (exact) mass is 405 g/mol. The van der Waals surface area contributed by atoms with Crippen LogP contribution in [-0.4, -0.2) is 19.7 Å². The second kappa shape index (κ2) is 7.72. The highest BCUT2D eigenvalue weighted by molar-refractivity contribution is 6.04. The topological polar surface area (TPSA) is 108 Å². The van der Waals surface area contributed by atoms with Crippen LogP contribution in [-0.2, 0) is 0 Å². The van der Waals surface area contributed by atoms with Gasteiger partial charge in [-0.05, 0) is 17.7 Å². The Kier molecular flexibility index (Phi) is 4.61. The molecule has 7 heteroatoms. The van der Waals surface area contributed by atoms with E-state index in [1.54, 1.807) is 4.57 Å². The number of fused-ring (bicyclic) bond motifs is 1. The Bertz CT molecular complexity index is 1430. The highest BCUT2D eigenvalue weighted by Gasteiger charge is 2.20. The summed E-state index contributed by atoms with van der Waals surface area (Å²) < 4.78 is 1.73. The summed E-state index contributed by atoms with van der Waals surface area (Å²) in [6.07, 6.45) is 0. The fourth-order valence-corrected chi connectivity index (χ4v) is 3.71. The molecular formula is C24H19N7. The molecule has 0 unspecified atom stereocenters. The summed E-state index contributed by atoms with van der Waals surface area (Å²) in [5.41, 5.74) is 11.7. The Morgan fingerprint density at radius 1 is 0.710 bits per heavy atom. The van der Waals surface area contributed by atoms with Gasteiger partial charge in [-0.1, -0.05) is 78.9 Å². The van der Waals surface area contributed by atoms with Crippen molar-refractivity contribution >= 4 is 16.9 Å². The number of para-hydroxylation sites is 1. The van der Waals surface area contributed by atoms with E-state index in [4.69, 9.17) is 11.6 Å². The number of nitrogen functional groups attached to an aromatic ring is 1. The highest BCUT2D eigenvalue weighted by atomic mass is 15.3. The Morgan fingerprint density at radius 2 is 1.29 bits per heavy atom. The van der Waals surface area contributed by atoms with Crippen LogP contribution in [0.2, 0.25) is 0 Å². The SMILES string of the molecule is N/N=c1/nc2nnc(-c3ccccc3)c(-c3ccccc3)c2c(N)n1-c1ccccc1. The summed E-state index contributed by atoms with van der Waals surface area (Å²) in [6.45, 7) is 0. The zero-order valence-corrected chi connectivity index (χ0v) is 16.6. The van der Waals surface area contributed by atoms with Gasteiger partial charge in [-0.15, -0.1) is 15.3 Å². The molecule has 4 N–H and O–H groups in total. The fraction of sp³-hybridized carbons (Fsp3) is 0. The van der Waals surface area contributed by atoms with E-state index in [9.17, 15) is 0 Å². The van der Waals surface area contributed by atoms with E-state index >= 15 is 0 Å². The molecule has 0 bridgehead atoms. The van der Waals surface area contributed by atoms with E-state index in [0.29, 0.717) is 16.9 Å². The van der Waals surface area contributed by atoms with E-state index in [0.717, 1.165) is 28.1 Å². The molecule has 0 atom stereocenters. The summed E-state index contributed by atoms with van der Waals surface area (Å²) in [5, 5.41) is 13.4. The number of aromatic nitrogens is 4. The minimum atomic E-state index is 0.247. The van der Waals surface area contributed by atoms with Gasteiger partial charge < -0.3 is 11.6 Å². The summed E-state index contributed by atoms with van der Waals surface area (Å²) >= 11 is 0. The first-order valence-corrected chi connectivity index (χ1v) is 9.77. The number of hydrogen-bond acceptors (Lipinski definition) is 6. The lowest BCUT2D eigenvalue weighted by atomic mass is 9.97. The zero-order chi connectivity index (χ0) is 21.2. The van der Waals surface area contributed by atoms with Gasteiger partial charge in [-0.2, -0.15) is 4.98 Å². The van der Waals surface area contributed by atoms with Crippen LogP contribution in [0.3, 0.4) is 0 Å². The quantitative estimate of drug-likeness (QED) is 0.353. The van der Waals surface area contributed by atoms with Crippen LogP contribution in [0.1, 0.15) is 0 Å². The standard InChI is InChI=1S/C24H19N7/c25-22-20-19(16-10-4-1-5-11-16)21(17-12-6-2-7-13-17)29-30-23(20)27-24(28-26)31(22)18-14-8-3-9-15-18/h1-15H,25-26H2/b28-24-. The van der Waals surface area contributed by atoms with Crippen molar-refractivity contribution in [2.45, 2.75) is 0 Å². The Labute approximate surface area is 178 Å². The molecule has 0 saturated carbocycles. The molecule has 31 heavy (non-hydrogen) atoms. The molecule has 5 aromatic rings. The number of hydrogen-bond donors (Lipinski definition) is 2. The van der Waals surface area contributed by atoms with E-state index < -0.39 is 0 Å².